The summed E-state index contributed by atoms with van der Waals surface area (Å²) in [6, 6.07) is 11.4. The molecule has 3 N–H and O–H groups in total. The molecule has 1 saturated heterocycles. The molecule has 1 aliphatic heterocycles. The zero-order valence-electron chi connectivity index (χ0n) is 15.3. The van der Waals surface area contributed by atoms with E-state index in [-0.39, 0.29) is 40.9 Å². The van der Waals surface area contributed by atoms with Gasteiger partial charge in [-0.2, -0.15) is 0 Å². The first kappa shape index (κ1) is 22.1. The van der Waals surface area contributed by atoms with Crippen LogP contribution in [0.15, 0.2) is 53.4 Å². The molecule has 1 fully saturated rings. The van der Waals surface area contributed by atoms with E-state index in [0.717, 1.165) is 31.5 Å². The van der Waals surface area contributed by atoms with Crippen molar-refractivity contribution in [2.45, 2.75) is 30.7 Å². The molecular weight excluding hydrogens is 405 g/mol. The molecule has 1 amide bonds. The standard InChI is InChI=1S/C19H22FN3O3S.ClH/c1-13-12-14(10-11-21-13)19(24)22-17-4-2-3-5-18(17)23-27(25,26)16-8-6-15(20)7-9-16;/h2-9,13-14,21,23H,10-12H2,1H3,(H,22,24);1H/t13-,14-;/m0./s1. The fraction of sp³-hybridized carbons (Fsp3) is 0.316. The summed E-state index contributed by atoms with van der Waals surface area (Å²) in [7, 11) is -3.90. The Morgan fingerprint density at radius 1 is 1.11 bits per heavy atom. The summed E-state index contributed by atoms with van der Waals surface area (Å²) in [6.45, 7) is 2.81. The van der Waals surface area contributed by atoms with Crippen LogP contribution in [0.3, 0.4) is 0 Å². The van der Waals surface area contributed by atoms with E-state index in [1.165, 1.54) is 12.1 Å². The monoisotopic (exact) mass is 427 g/mol. The van der Waals surface area contributed by atoms with E-state index in [0.29, 0.717) is 5.69 Å². The van der Waals surface area contributed by atoms with E-state index in [9.17, 15) is 17.6 Å². The number of sulfonamides is 1. The van der Waals surface area contributed by atoms with Crippen LogP contribution in [0.4, 0.5) is 15.8 Å². The van der Waals surface area contributed by atoms with Gasteiger partial charge in [0.25, 0.3) is 10.0 Å². The lowest BCUT2D eigenvalue weighted by atomic mass is 9.92. The van der Waals surface area contributed by atoms with E-state index in [4.69, 9.17) is 0 Å². The molecule has 0 bridgehead atoms. The lowest BCUT2D eigenvalue weighted by molar-refractivity contribution is -0.120. The number of hydrogen-bond acceptors (Lipinski definition) is 4. The van der Waals surface area contributed by atoms with Gasteiger partial charge in [-0.15, -0.1) is 12.4 Å². The van der Waals surface area contributed by atoms with Gasteiger partial charge < -0.3 is 10.6 Å². The number of rotatable bonds is 5. The van der Waals surface area contributed by atoms with Crippen LogP contribution in [0.25, 0.3) is 0 Å². The van der Waals surface area contributed by atoms with Gasteiger partial charge in [0.15, 0.2) is 0 Å². The molecule has 0 saturated carbocycles. The predicted octanol–water partition coefficient (Wildman–Crippen LogP) is 3.37. The van der Waals surface area contributed by atoms with Gasteiger partial charge in [-0.25, -0.2) is 12.8 Å². The van der Waals surface area contributed by atoms with E-state index in [2.05, 4.69) is 15.4 Å². The Labute approximate surface area is 170 Å². The molecule has 152 valence electrons. The predicted molar refractivity (Wildman–Crippen MR) is 110 cm³/mol. The molecule has 1 heterocycles. The number of nitrogens with one attached hydrogen (secondary N) is 3. The number of hydrogen-bond donors (Lipinski definition) is 3. The summed E-state index contributed by atoms with van der Waals surface area (Å²) in [6.07, 6.45) is 1.47. The highest BCUT2D eigenvalue weighted by Crippen LogP contribution is 2.26. The van der Waals surface area contributed by atoms with Crippen LogP contribution in [-0.4, -0.2) is 26.9 Å². The van der Waals surface area contributed by atoms with E-state index >= 15 is 0 Å². The molecule has 0 aliphatic carbocycles. The molecule has 28 heavy (non-hydrogen) atoms. The number of anilines is 2. The number of amides is 1. The van der Waals surface area contributed by atoms with Crippen molar-refractivity contribution in [2.75, 3.05) is 16.6 Å². The molecule has 1 aliphatic rings. The summed E-state index contributed by atoms with van der Waals surface area (Å²) in [5.74, 6) is -0.766. The molecule has 0 unspecified atom stereocenters. The van der Waals surface area contributed by atoms with Crippen molar-refractivity contribution in [3.8, 4) is 0 Å². The fourth-order valence-corrected chi connectivity index (χ4v) is 4.18. The highest BCUT2D eigenvalue weighted by atomic mass is 35.5. The van der Waals surface area contributed by atoms with Gasteiger partial charge >= 0.3 is 0 Å². The minimum absolute atomic E-state index is 0. The van der Waals surface area contributed by atoms with Crippen molar-refractivity contribution in [3.05, 3.63) is 54.3 Å². The van der Waals surface area contributed by atoms with Crippen molar-refractivity contribution < 1.29 is 17.6 Å². The highest BCUT2D eigenvalue weighted by Gasteiger charge is 2.25. The lowest BCUT2D eigenvalue weighted by Gasteiger charge is -2.27. The largest absolute Gasteiger partial charge is 0.324 e. The maximum absolute atomic E-state index is 13.0. The first-order chi connectivity index (χ1) is 12.8. The Balaban J connectivity index is 0.00000280. The maximum Gasteiger partial charge on any atom is 0.261 e. The van der Waals surface area contributed by atoms with Crippen LogP contribution in [0.2, 0.25) is 0 Å². The first-order valence-corrected chi connectivity index (χ1v) is 10.2. The van der Waals surface area contributed by atoms with E-state index < -0.39 is 15.8 Å². The van der Waals surface area contributed by atoms with Gasteiger partial charge in [0.2, 0.25) is 5.91 Å². The molecule has 9 heteroatoms. The number of benzene rings is 2. The normalized spacial score (nSPS) is 19.4. The molecule has 3 rings (SSSR count). The summed E-state index contributed by atoms with van der Waals surface area (Å²) < 4.78 is 40.6. The van der Waals surface area contributed by atoms with Crippen molar-refractivity contribution in [3.63, 3.8) is 0 Å². The molecule has 6 nitrogen and oxygen atoms in total. The van der Waals surface area contributed by atoms with Gasteiger partial charge in [0.1, 0.15) is 5.82 Å². The average Bonchev–Trinajstić information content (AvgIpc) is 2.63. The van der Waals surface area contributed by atoms with Crippen LogP contribution in [0.5, 0.6) is 0 Å². The van der Waals surface area contributed by atoms with Crippen LogP contribution < -0.4 is 15.4 Å². The highest BCUT2D eigenvalue weighted by molar-refractivity contribution is 7.92. The summed E-state index contributed by atoms with van der Waals surface area (Å²) in [5, 5.41) is 6.13. The fourth-order valence-electron chi connectivity index (χ4n) is 3.10. The third kappa shape index (κ3) is 5.43. The number of para-hydroxylation sites is 2. The van der Waals surface area contributed by atoms with Crippen LogP contribution >= 0.6 is 12.4 Å². The Morgan fingerprint density at radius 2 is 1.75 bits per heavy atom. The summed E-state index contributed by atoms with van der Waals surface area (Å²) >= 11 is 0. The van der Waals surface area contributed by atoms with Crippen molar-refractivity contribution in [1.82, 2.24) is 5.32 Å². The zero-order chi connectivity index (χ0) is 19.4. The minimum Gasteiger partial charge on any atom is -0.324 e. The molecule has 0 spiro atoms. The van der Waals surface area contributed by atoms with Crippen LogP contribution in [-0.2, 0) is 14.8 Å². The summed E-state index contributed by atoms with van der Waals surface area (Å²) in [5.41, 5.74) is 0.650. The van der Waals surface area contributed by atoms with Gasteiger partial charge in [-0.05, 0) is 62.7 Å². The average molecular weight is 428 g/mol. The number of carbonyl (C=O) groups excluding carboxylic acids is 1. The lowest BCUT2D eigenvalue weighted by Crippen LogP contribution is -2.40. The molecule has 0 radical (unpaired) electrons. The van der Waals surface area contributed by atoms with Crippen molar-refractivity contribution in [1.29, 1.82) is 0 Å². The Morgan fingerprint density at radius 3 is 2.39 bits per heavy atom. The smallest absolute Gasteiger partial charge is 0.261 e. The topological polar surface area (TPSA) is 87.3 Å². The Hall–Kier alpha value is -2.16. The van der Waals surface area contributed by atoms with Gasteiger partial charge in [-0.1, -0.05) is 12.1 Å². The molecular formula is C19H23ClFN3O3S. The quantitative estimate of drug-likeness (QED) is 0.682. The zero-order valence-corrected chi connectivity index (χ0v) is 16.9. The third-order valence-corrected chi connectivity index (χ3v) is 5.93. The minimum atomic E-state index is -3.90. The van der Waals surface area contributed by atoms with Crippen molar-refractivity contribution >= 4 is 39.7 Å². The molecule has 2 aromatic rings. The summed E-state index contributed by atoms with van der Waals surface area (Å²) in [4.78, 5) is 12.5. The SMILES string of the molecule is C[C@H]1C[C@@H](C(=O)Nc2ccccc2NS(=O)(=O)c2ccc(F)cc2)CCN1.Cl. The van der Waals surface area contributed by atoms with E-state index in [1.807, 2.05) is 6.92 Å². The van der Waals surface area contributed by atoms with Crippen molar-refractivity contribution in [2.24, 2.45) is 5.92 Å². The number of carbonyl (C=O) groups is 1. The second-order valence-corrected chi connectivity index (χ2v) is 8.35. The molecule has 0 aromatic heterocycles. The van der Waals surface area contributed by atoms with Gasteiger partial charge in [-0.3, -0.25) is 9.52 Å². The van der Waals surface area contributed by atoms with Gasteiger partial charge in [0.05, 0.1) is 16.3 Å². The second-order valence-electron chi connectivity index (χ2n) is 6.67. The van der Waals surface area contributed by atoms with Gasteiger partial charge in [0, 0.05) is 12.0 Å². The third-order valence-electron chi connectivity index (χ3n) is 4.55. The second kappa shape index (κ2) is 9.36. The Bertz CT molecular complexity index is 922. The molecule has 2 atom stereocenters. The Kier molecular flexibility index (Phi) is 7.40. The maximum atomic E-state index is 13.0. The first-order valence-electron chi connectivity index (χ1n) is 8.77. The van der Waals surface area contributed by atoms with E-state index in [1.54, 1.807) is 24.3 Å². The van der Waals surface area contributed by atoms with Crippen LogP contribution in [0, 0.1) is 11.7 Å². The number of piperidine rings is 1. The van der Waals surface area contributed by atoms with Crippen LogP contribution in [0.1, 0.15) is 19.8 Å². The molecule has 2 aromatic carbocycles. The number of halogens is 2.